The van der Waals surface area contributed by atoms with Crippen LogP contribution in [0.4, 0.5) is 0 Å². The summed E-state index contributed by atoms with van der Waals surface area (Å²) >= 11 is 0. The van der Waals surface area contributed by atoms with Crippen molar-refractivity contribution in [1.82, 2.24) is 4.98 Å². The van der Waals surface area contributed by atoms with Gasteiger partial charge in [-0.2, -0.15) is 0 Å². The molecule has 3 nitrogen and oxygen atoms in total. The van der Waals surface area contributed by atoms with E-state index >= 15 is 0 Å². The Morgan fingerprint density at radius 2 is 2.29 bits per heavy atom. The minimum atomic E-state index is 0.818. The van der Waals surface area contributed by atoms with Crippen molar-refractivity contribution in [2.75, 3.05) is 7.05 Å². The molecule has 72 valence electrons. The molecule has 0 saturated heterocycles. The van der Waals surface area contributed by atoms with E-state index < -0.39 is 0 Å². The first-order valence-electron chi connectivity index (χ1n) is 4.41. The Kier molecular flexibility index (Phi) is 4.27. The van der Waals surface area contributed by atoms with Gasteiger partial charge in [0.05, 0.1) is 11.4 Å². The highest BCUT2D eigenvalue weighted by Gasteiger charge is 1.97. The van der Waals surface area contributed by atoms with Gasteiger partial charge in [0.2, 0.25) is 0 Å². The van der Waals surface area contributed by atoms with E-state index in [2.05, 4.69) is 15.0 Å². The lowest BCUT2D eigenvalue weighted by Gasteiger charge is -1.98. The average Bonchev–Trinajstić information content (AvgIpc) is 2.25. The maximum absolute atomic E-state index is 4.21. The molecule has 0 aromatic carbocycles. The van der Waals surface area contributed by atoms with Crippen LogP contribution in [0.1, 0.15) is 12.6 Å². The summed E-state index contributed by atoms with van der Waals surface area (Å²) in [6, 6.07) is 5.73. The largest absolute Gasteiger partial charge is 0.296 e. The van der Waals surface area contributed by atoms with Crippen molar-refractivity contribution in [3.8, 4) is 0 Å². The molecule has 1 aromatic heterocycles. The predicted octanol–water partition coefficient (Wildman–Crippen LogP) is 2.21. The molecule has 0 radical (unpaired) electrons. The minimum Gasteiger partial charge on any atom is -0.296 e. The molecule has 0 bridgehead atoms. The first kappa shape index (κ1) is 10.3. The monoisotopic (exact) mass is 187 g/mol. The molecule has 3 heteroatoms. The maximum Gasteiger partial charge on any atom is 0.0897 e. The molecule has 0 saturated carbocycles. The quantitative estimate of drug-likeness (QED) is 0.668. The van der Waals surface area contributed by atoms with Gasteiger partial charge in [0.25, 0.3) is 0 Å². The summed E-state index contributed by atoms with van der Waals surface area (Å²) in [6.45, 7) is 1.87. The summed E-state index contributed by atoms with van der Waals surface area (Å²) in [4.78, 5) is 12.3. The molecule has 0 fully saturated rings. The molecule has 0 aliphatic rings. The van der Waals surface area contributed by atoms with Crippen molar-refractivity contribution < 1.29 is 0 Å². The third-order valence-electron chi connectivity index (χ3n) is 1.58. The van der Waals surface area contributed by atoms with E-state index in [1.807, 2.05) is 31.2 Å². The molecule has 1 heterocycles. The second-order valence-corrected chi connectivity index (χ2v) is 2.56. The molecular formula is C11H13N3. The van der Waals surface area contributed by atoms with Crippen molar-refractivity contribution in [3.63, 3.8) is 0 Å². The van der Waals surface area contributed by atoms with Gasteiger partial charge in [-0.15, -0.1) is 0 Å². The molecule has 0 aliphatic carbocycles. The zero-order chi connectivity index (χ0) is 10.2. The maximum atomic E-state index is 4.21. The Bertz CT molecular complexity index is 350. The molecule has 0 atom stereocenters. The van der Waals surface area contributed by atoms with Crippen LogP contribution in [0.3, 0.4) is 0 Å². The molecule has 0 spiro atoms. The Labute approximate surface area is 83.9 Å². The van der Waals surface area contributed by atoms with Crippen LogP contribution in [-0.2, 0) is 0 Å². The highest BCUT2D eigenvalue weighted by atomic mass is 14.8. The lowest BCUT2D eigenvalue weighted by Crippen LogP contribution is -1.86. The molecule has 0 amide bonds. The molecule has 0 unspecified atom stereocenters. The standard InChI is InChI=1S/C11H13N3/c1-3-13-11(7-9-12-2)10-6-4-5-8-14-10/h3-9H,1-2H3/b11-7-,12-9+,13-3-. The average molecular weight is 187 g/mol. The van der Waals surface area contributed by atoms with Crippen LogP contribution >= 0.6 is 0 Å². The number of aliphatic imine (C=N–C) groups is 2. The van der Waals surface area contributed by atoms with Gasteiger partial charge in [-0.1, -0.05) is 6.07 Å². The molecule has 1 rings (SSSR count). The van der Waals surface area contributed by atoms with E-state index in [0.717, 1.165) is 11.4 Å². The van der Waals surface area contributed by atoms with E-state index in [9.17, 15) is 0 Å². The molecule has 0 N–H and O–H groups in total. The normalized spacial score (nSPS) is 12.9. The Hall–Kier alpha value is -1.77. The fraction of sp³-hybridized carbons (Fsp3) is 0.182. The zero-order valence-electron chi connectivity index (χ0n) is 8.38. The van der Waals surface area contributed by atoms with Crippen LogP contribution in [0, 0.1) is 0 Å². The van der Waals surface area contributed by atoms with Crippen LogP contribution in [0.5, 0.6) is 0 Å². The highest BCUT2D eigenvalue weighted by Crippen LogP contribution is 2.10. The number of allylic oxidation sites excluding steroid dienone is 1. The fourth-order valence-electron chi connectivity index (χ4n) is 0.993. The number of aromatic nitrogens is 1. The van der Waals surface area contributed by atoms with Crippen molar-refractivity contribution in [3.05, 3.63) is 36.2 Å². The third kappa shape index (κ3) is 2.94. The zero-order valence-corrected chi connectivity index (χ0v) is 8.38. The third-order valence-corrected chi connectivity index (χ3v) is 1.58. The minimum absolute atomic E-state index is 0.818. The predicted molar refractivity (Wildman–Crippen MR) is 60.8 cm³/mol. The van der Waals surface area contributed by atoms with E-state index in [-0.39, 0.29) is 0 Å². The second kappa shape index (κ2) is 5.80. The van der Waals surface area contributed by atoms with Gasteiger partial charge in [0.15, 0.2) is 0 Å². The first-order chi connectivity index (χ1) is 6.88. The summed E-state index contributed by atoms with van der Waals surface area (Å²) in [6.07, 6.45) is 7.03. The SMILES string of the molecule is C\C=N/C(=C\C=N\C)c1ccccn1. The lowest BCUT2D eigenvalue weighted by atomic mass is 10.2. The number of rotatable bonds is 3. The summed E-state index contributed by atoms with van der Waals surface area (Å²) in [7, 11) is 1.72. The van der Waals surface area contributed by atoms with Crippen molar-refractivity contribution in [2.24, 2.45) is 9.98 Å². The molecule has 1 aromatic rings. The first-order valence-corrected chi connectivity index (χ1v) is 4.41. The van der Waals surface area contributed by atoms with E-state index in [1.54, 1.807) is 25.7 Å². The highest BCUT2D eigenvalue weighted by molar-refractivity contribution is 5.85. The van der Waals surface area contributed by atoms with Crippen molar-refractivity contribution >= 4 is 18.1 Å². The van der Waals surface area contributed by atoms with Gasteiger partial charge in [-0.25, -0.2) is 0 Å². The van der Waals surface area contributed by atoms with Gasteiger partial charge in [0, 0.05) is 25.7 Å². The Balaban J connectivity index is 3.00. The number of hydrogen-bond acceptors (Lipinski definition) is 3. The number of hydrogen-bond donors (Lipinski definition) is 0. The molecule has 14 heavy (non-hydrogen) atoms. The van der Waals surface area contributed by atoms with E-state index in [0.29, 0.717) is 0 Å². The second-order valence-electron chi connectivity index (χ2n) is 2.56. The fourth-order valence-corrected chi connectivity index (χ4v) is 0.993. The van der Waals surface area contributed by atoms with Gasteiger partial charge < -0.3 is 0 Å². The summed E-state index contributed by atoms with van der Waals surface area (Å²) in [5.41, 5.74) is 1.67. The van der Waals surface area contributed by atoms with E-state index in [4.69, 9.17) is 0 Å². The molecule has 0 aliphatic heterocycles. The van der Waals surface area contributed by atoms with Crippen LogP contribution in [0.2, 0.25) is 0 Å². The van der Waals surface area contributed by atoms with Gasteiger partial charge in [0.1, 0.15) is 0 Å². The van der Waals surface area contributed by atoms with Gasteiger partial charge >= 0.3 is 0 Å². The van der Waals surface area contributed by atoms with Crippen LogP contribution in [0.25, 0.3) is 5.70 Å². The molecular weight excluding hydrogens is 174 g/mol. The van der Waals surface area contributed by atoms with Gasteiger partial charge in [-0.05, 0) is 25.1 Å². The van der Waals surface area contributed by atoms with Crippen LogP contribution in [0.15, 0.2) is 40.5 Å². The number of pyridine rings is 1. The Morgan fingerprint density at radius 1 is 1.43 bits per heavy atom. The van der Waals surface area contributed by atoms with Crippen molar-refractivity contribution in [2.45, 2.75) is 6.92 Å². The Morgan fingerprint density at radius 3 is 2.86 bits per heavy atom. The smallest absolute Gasteiger partial charge is 0.0897 e. The summed E-state index contributed by atoms with van der Waals surface area (Å²) in [5, 5.41) is 0. The van der Waals surface area contributed by atoms with Crippen LogP contribution < -0.4 is 0 Å². The summed E-state index contributed by atoms with van der Waals surface area (Å²) in [5.74, 6) is 0. The van der Waals surface area contributed by atoms with Crippen molar-refractivity contribution in [1.29, 1.82) is 0 Å². The van der Waals surface area contributed by atoms with Crippen LogP contribution in [-0.4, -0.2) is 24.5 Å². The number of nitrogens with zero attached hydrogens (tertiary/aromatic N) is 3. The van der Waals surface area contributed by atoms with E-state index in [1.165, 1.54) is 0 Å². The lowest BCUT2D eigenvalue weighted by molar-refractivity contribution is 1.26. The summed E-state index contributed by atoms with van der Waals surface area (Å²) < 4.78 is 0. The van der Waals surface area contributed by atoms with Gasteiger partial charge in [-0.3, -0.25) is 15.0 Å². The topological polar surface area (TPSA) is 37.6 Å².